The quantitative estimate of drug-likeness (QED) is 0.641. The van der Waals surface area contributed by atoms with Crippen LogP contribution in [0.15, 0.2) is 24.3 Å². The summed E-state index contributed by atoms with van der Waals surface area (Å²) in [5.74, 6) is 1.22. The van der Waals surface area contributed by atoms with Crippen LogP contribution in [0.4, 0.5) is 13.2 Å². The predicted molar refractivity (Wildman–Crippen MR) is 40.7 cm³/mol. The zero-order valence-corrected chi connectivity index (χ0v) is 6.65. The minimum atomic E-state index is -4.27. The van der Waals surface area contributed by atoms with Crippen molar-refractivity contribution in [3.8, 4) is 0 Å². The Balaban J connectivity index is 2.93. The van der Waals surface area contributed by atoms with Crippen molar-refractivity contribution in [3.63, 3.8) is 0 Å². The number of rotatable bonds is 1. The van der Waals surface area contributed by atoms with E-state index in [1.165, 1.54) is 18.0 Å². The standard InChI is InChI=1S/C8H5ClF3/c9-5-6-1-3-7(4-2-6)8(10,11)12/h1-5H. The summed E-state index contributed by atoms with van der Waals surface area (Å²) >= 11 is 5.29. The molecule has 0 aromatic heterocycles. The van der Waals surface area contributed by atoms with Crippen LogP contribution >= 0.6 is 11.6 Å². The Morgan fingerprint density at radius 1 is 1.08 bits per heavy atom. The Morgan fingerprint density at radius 3 is 1.92 bits per heavy atom. The van der Waals surface area contributed by atoms with Crippen LogP contribution in [0.25, 0.3) is 0 Å². The summed E-state index contributed by atoms with van der Waals surface area (Å²) in [5, 5.41) is 0. The van der Waals surface area contributed by atoms with Crippen molar-refractivity contribution in [1.29, 1.82) is 0 Å². The lowest BCUT2D eigenvalue weighted by atomic mass is 10.1. The monoisotopic (exact) mass is 193 g/mol. The summed E-state index contributed by atoms with van der Waals surface area (Å²) in [6.45, 7) is 0. The summed E-state index contributed by atoms with van der Waals surface area (Å²) in [5.41, 5.74) is -0.102. The van der Waals surface area contributed by atoms with Crippen LogP contribution in [0.2, 0.25) is 0 Å². The summed E-state index contributed by atoms with van der Waals surface area (Å²) in [6.07, 6.45) is -4.27. The lowest BCUT2D eigenvalue weighted by Crippen LogP contribution is -2.04. The molecule has 0 fully saturated rings. The first-order chi connectivity index (χ1) is 5.54. The second kappa shape index (κ2) is 3.35. The van der Waals surface area contributed by atoms with Gasteiger partial charge in [-0.25, -0.2) is 0 Å². The molecular formula is C8H5ClF3. The molecule has 1 aromatic carbocycles. The van der Waals surface area contributed by atoms with Crippen molar-refractivity contribution in [3.05, 3.63) is 41.3 Å². The van der Waals surface area contributed by atoms with E-state index in [1.807, 2.05) is 0 Å². The van der Waals surface area contributed by atoms with E-state index in [-0.39, 0.29) is 0 Å². The predicted octanol–water partition coefficient (Wildman–Crippen LogP) is 3.45. The Kier molecular flexibility index (Phi) is 2.62. The molecule has 0 N–H and O–H groups in total. The molecule has 0 nitrogen and oxygen atoms in total. The highest BCUT2D eigenvalue weighted by Crippen LogP contribution is 2.29. The highest BCUT2D eigenvalue weighted by atomic mass is 35.5. The second-order valence-electron chi connectivity index (χ2n) is 2.23. The normalized spacial score (nSPS) is 11.7. The van der Waals surface area contributed by atoms with Crippen molar-refractivity contribution >= 4 is 11.6 Å². The number of halogens is 4. The van der Waals surface area contributed by atoms with Crippen LogP contribution in [0.1, 0.15) is 11.1 Å². The maximum atomic E-state index is 12.0. The Hall–Kier alpha value is -0.700. The number of alkyl halides is 3. The topological polar surface area (TPSA) is 0 Å². The van der Waals surface area contributed by atoms with Gasteiger partial charge in [0.25, 0.3) is 0 Å². The zero-order chi connectivity index (χ0) is 9.19. The van der Waals surface area contributed by atoms with Gasteiger partial charge in [0.1, 0.15) is 0 Å². The van der Waals surface area contributed by atoms with Crippen LogP contribution < -0.4 is 0 Å². The van der Waals surface area contributed by atoms with Gasteiger partial charge in [0.2, 0.25) is 0 Å². The Bertz CT molecular complexity index is 250. The van der Waals surface area contributed by atoms with Crippen LogP contribution in [0.5, 0.6) is 0 Å². The van der Waals surface area contributed by atoms with Crippen molar-refractivity contribution in [2.24, 2.45) is 0 Å². The fraction of sp³-hybridized carbons (Fsp3) is 0.125. The Morgan fingerprint density at radius 2 is 1.58 bits per heavy atom. The second-order valence-corrected chi connectivity index (χ2v) is 2.45. The first kappa shape index (κ1) is 9.39. The molecule has 4 heteroatoms. The molecule has 0 amide bonds. The van der Waals surface area contributed by atoms with E-state index in [2.05, 4.69) is 0 Å². The maximum Gasteiger partial charge on any atom is 0.416 e. The van der Waals surface area contributed by atoms with Crippen LogP contribution in [-0.4, -0.2) is 0 Å². The average Bonchev–Trinajstić information content (AvgIpc) is 2.03. The molecule has 0 spiro atoms. The lowest BCUT2D eigenvalue weighted by molar-refractivity contribution is -0.137. The molecule has 0 unspecified atom stereocenters. The molecule has 0 saturated carbocycles. The van der Waals surface area contributed by atoms with E-state index in [0.29, 0.717) is 5.56 Å². The fourth-order valence-corrected chi connectivity index (χ4v) is 0.890. The smallest absolute Gasteiger partial charge is 0.166 e. The molecule has 1 radical (unpaired) electrons. The minimum absolute atomic E-state index is 0.560. The SMILES string of the molecule is FC(F)(F)c1ccc([CH]Cl)cc1. The maximum absolute atomic E-state index is 12.0. The third kappa shape index (κ3) is 2.14. The zero-order valence-electron chi connectivity index (χ0n) is 5.90. The first-order valence-corrected chi connectivity index (χ1v) is 3.58. The molecule has 65 valence electrons. The summed E-state index contributed by atoms with van der Waals surface area (Å²) in [6, 6.07) is 4.62. The van der Waals surface area contributed by atoms with E-state index in [4.69, 9.17) is 11.6 Å². The third-order valence-corrected chi connectivity index (χ3v) is 1.62. The van der Waals surface area contributed by atoms with E-state index >= 15 is 0 Å². The Labute approximate surface area is 73.0 Å². The largest absolute Gasteiger partial charge is 0.416 e. The molecular weight excluding hydrogens is 189 g/mol. The van der Waals surface area contributed by atoms with E-state index < -0.39 is 11.7 Å². The van der Waals surface area contributed by atoms with Gasteiger partial charge in [0, 0.05) is 0 Å². The van der Waals surface area contributed by atoms with Crippen molar-refractivity contribution in [1.82, 2.24) is 0 Å². The number of benzene rings is 1. The molecule has 0 aliphatic carbocycles. The molecule has 1 rings (SSSR count). The summed E-state index contributed by atoms with van der Waals surface area (Å²) in [7, 11) is 0. The van der Waals surface area contributed by atoms with Gasteiger partial charge < -0.3 is 0 Å². The van der Waals surface area contributed by atoms with Crippen LogP contribution in [-0.2, 0) is 6.18 Å². The van der Waals surface area contributed by atoms with Gasteiger partial charge in [-0.15, -0.1) is 11.6 Å². The average molecular weight is 194 g/mol. The van der Waals surface area contributed by atoms with Crippen LogP contribution in [0, 0.1) is 5.88 Å². The van der Waals surface area contributed by atoms with E-state index in [9.17, 15) is 13.2 Å². The number of hydrogen-bond acceptors (Lipinski definition) is 0. The van der Waals surface area contributed by atoms with Gasteiger partial charge in [0.15, 0.2) is 0 Å². The molecule has 0 atom stereocenters. The van der Waals surface area contributed by atoms with Gasteiger partial charge in [-0.1, -0.05) is 12.1 Å². The van der Waals surface area contributed by atoms with Gasteiger partial charge >= 0.3 is 6.18 Å². The molecule has 0 saturated heterocycles. The van der Waals surface area contributed by atoms with Crippen molar-refractivity contribution in [2.75, 3.05) is 0 Å². The van der Waals surface area contributed by atoms with Gasteiger partial charge in [-0.3, -0.25) is 0 Å². The van der Waals surface area contributed by atoms with Crippen LogP contribution in [0.3, 0.4) is 0 Å². The fourth-order valence-electron chi connectivity index (χ4n) is 0.745. The third-order valence-electron chi connectivity index (χ3n) is 1.36. The lowest BCUT2D eigenvalue weighted by Gasteiger charge is -2.05. The molecule has 0 heterocycles. The highest BCUT2D eigenvalue weighted by molar-refractivity contribution is 6.25. The highest BCUT2D eigenvalue weighted by Gasteiger charge is 2.29. The molecule has 0 bridgehead atoms. The van der Waals surface area contributed by atoms with E-state index in [1.54, 1.807) is 0 Å². The van der Waals surface area contributed by atoms with Gasteiger partial charge in [0.05, 0.1) is 11.4 Å². The van der Waals surface area contributed by atoms with Crippen molar-refractivity contribution in [2.45, 2.75) is 6.18 Å². The molecule has 0 aliphatic rings. The van der Waals surface area contributed by atoms with Crippen molar-refractivity contribution < 1.29 is 13.2 Å². The van der Waals surface area contributed by atoms with Gasteiger partial charge in [-0.2, -0.15) is 13.2 Å². The molecule has 12 heavy (non-hydrogen) atoms. The van der Waals surface area contributed by atoms with E-state index in [0.717, 1.165) is 12.1 Å². The molecule has 0 aliphatic heterocycles. The van der Waals surface area contributed by atoms with Gasteiger partial charge in [-0.05, 0) is 17.7 Å². The summed E-state index contributed by atoms with van der Waals surface area (Å²) in [4.78, 5) is 0. The first-order valence-electron chi connectivity index (χ1n) is 3.15. The minimum Gasteiger partial charge on any atom is -0.166 e. The summed E-state index contributed by atoms with van der Waals surface area (Å²) < 4.78 is 35.9. The number of hydrogen-bond donors (Lipinski definition) is 0. The molecule has 1 aromatic rings.